The molecule has 0 amide bonds. The molecule has 0 saturated heterocycles. The number of ether oxygens (including phenoxy) is 1. The van der Waals surface area contributed by atoms with Gasteiger partial charge in [0.15, 0.2) is 6.10 Å². The summed E-state index contributed by atoms with van der Waals surface area (Å²) in [5.41, 5.74) is 1.37. The summed E-state index contributed by atoms with van der Waals surface area (Å²) in [7, 11) is 0. The summed E-state index contributed by atoms with van der Waals surface area (Å²) in [5, 5.41) is 19.9. The van der Waals surface area contributed by atoms with Crippen LogP contribution in [0.5, 0.6) is 11.6 Å². The molecule has 142 valence electrons. The predicted octanol–water partition coefficient (Wildman–Crippen LogP) is 3.41. The zero-order valence-electron chi connectivity index (χ0n) is 16.3. The molecule has 0 aliphatic rings. The van der Waals surface area contributed by atoms with Gasteiger partial charge in [-0.2, -0.15) is 5.26 Å². The first-order chi connectivity index (χ1) is 12.7. The molecule has 2 aromatic rings. The third-order valence-corrected chi connectivity index (χ3v) is 4.72. The maximum Gasteiger partial charge on any atom is 0.271 e. The molecule has 1 aromatic carbocycles. The fourth-order valence-corrected chi connectivity index (χ4v) is 2.98. The molecule has 0 aliphatic carbocycles. The lowest BCUT2D eigenvalue weighted by Crippen LogP contribution is -2.31. The second kappa shape index (κ2) is 8.09. The number of hydrogen-bond donors (Lipinski definition) is 1. The molecule has 0 spiro atoms. The van der Waals surface area contributed by atoms with Gasteiger partial charge >= 0.3 is 0 Å². The SMILES string of the molecule is CCCn1c(O)c(C(=O)C(C)Oc2cccc(C)c2C)c(C)c(C#N)c1=O. The largest absolute Gasteiger partial charge is 0.494 e. The number of Topliss-reactive ketones (excluding diaryl/α,β-unsaturated/α-hetero) is 1. The van der Waals surface area contributed by atoms with Crippen molar-refractivity contribution in [1.82, 2.24) is 4.57 Å². The van der Waals surface area contributed by atoms with Crippen LogP contribution in [0.15, 0.2) is 23.0 Å². The number of ketones is 1. The standard InChI is InChI=1S/C21H24N2O4/c1-6-10-23-20(25)16(11-22)14(4)18(21(23)26)19(24)15(5)27-17-9-7-8-12(2)13(17)3/h7-9,15,26H,6,10H2,1-5H3. The van der Waals surface area contributed by atoms with Gasteiger partial charge in [0, 0.05) is 6.54 Å². The fourth-order valence-electron chi connectivity index (χ4n) is 2.98. The molecular weight excluding hydrogens is 344 g/mol. The van der Waals surface area contributed by atoms with Crippen LogP contribution in [-0.2, 0) is 6.54 Å². The Labute approximate surface area is 158 Å². The van der Waals surface area contributed by atoms with Crippen LogP contribution in [0, 0.1) is 32.1 Å². The van der Waals surface area contributed by atoms with E-state index >= 15 is 0 Å². The number of nitriles is 1. The fraction of sp³-hybridized carbons (Fsp3) is 0.381. The van der Waals surface area contributed by atoms with Gasteiger partial charge in [0.2, 0.25) is 11.7 Å². The highest BCUT2D eigenvalue weighted by Gasteiger charge is 2.28. The molecule has 1 heterocycles. The van der Waals surface area contributed by atoms with Gasteiger partial charge in [-0.25, -0.2) is 0 Å². The summed E-state index contributed by atoms with van der Waals surface area (Å²) in [4.78, 5) is 25.4. The van der Waals surface area contributed by atoms with Crippen LogP contribution in [0.4, 0.5) is 0 Å². The number of carbonyl (C=O) groups is 1. The number of hydrogen-bond acceptors (Lipinski definition) is 5. The monoisotopic (exact) mass is 368 g/mol. The van der Waals surface area contributed by atoms with Crippen LogP contribution in [-0.4, -0.2) is 21.6 Å². The van der Waals surface area contributed by atoms with Crippen molar-refractivity contribution in [3.05, 3.63) is 56.4 Å². The Hall–Kier alpha value is -3.07. The highest BCUT2D eigenvalue weighted by atomic mass is 16.5. The van der Waals surface area contributed by atoms with E-state index in [1.165, 1.54) is 6.92 Å². The third-order valence-electron chi connectivity index (χ3n) is 4.72. The Morgan fingerprint density at radius 3 is 2.56 bits per heavy atom. The lowest BCUT2D eigenvalue weighted by molar-refractivity contribution is 0.0811. The van der Waals surface area contributed by atoms with Crippen molar-refractivity contribution in [3.8, 4) is 17.7 Å². The topological polar surface area (TPSA) is 92.3 Å². The minimum atomic E-state index is -0.894. The van der Waals surface area contributed by atoms with Gasteiger partial charge in [-0.3, -0.25) is 14.2 Å². The second-order valence-corrected chi connectivity index (χ2v) is 6.59. The van der Waals surface area contributed by atoms with Crippen molar-refractivity contribution in [3.63, 3.8) is 0 Å². The number of benzene rings is 1. The van der Waals surface area contributed by atoms with Crippen LogP contribution >= 0.6 is 0 Å². The van der Waals surface area contributed by atoms with Crippen LogP contribution in [0.1, 0.15) is 52.9 Å². The lowest BCUT2D eigenvalue weighted by Gasteiger charge is -2.20. The number of carbonyl (C=O) groups excluding carboxylic acids is 1. The summed E-state index contributed by atoms with van der Waals surface area (Å²) in [6.45, 7) is 8.99. The quantitative estimate of drug-likeness (QED) is 0.789. The van der Waals surface area contributed by atoms with Gasteiger partial charge in [0.05, 0.1) is 5.56 Å². The van der Waals surface area contributed by atoms with E-state index in [4.69, 9.17) is 4.74 Å². The lowest BCUT2D eigenvalue weighted by atomic mass is 9.99. The van der Waals surface area contributed by atoms with Gasteiger partial charge in [-0.1, -0.05) is 19.1 Å². The van der Waals surface area contributed by atoms with E-state index in [0.29, 0.717) is 12.2 Å². The number of rotatable bonds is 6. The Balaban J connectivity index is 2.52. The van der Waals surface area contributed by atoms with E-state index < -0.39 is 23.3 Å². The van der Waals surface area contributed by atoms with Gasteiger partial charge < -0.3 is 9.84 Å². The number of aromatic nitrogens is 1. The summed E-state index contributed by atoms with van der Waals surface area (Å²) in [6.07, 6.45) is -0.321. The molecule has 6 heteroatoms. The highest BCUT2D eigenvalue weighted by Crippen LogP contribution is 2.27. The van der Waals surface area contributed by atoms with Crippen molar-refractivity contribution in [2.75, 3.05) is 0 Å². The number of aryl methyl sites for hydroxylation is 1. The molecule has 0 bridgehead atoms. The van der Waals surface area contributed by atoms with Crippen molar-refractivity contribution in [2.24, 2.45) is 0 Å². The normalized spacial score (nSPS) is 11.7. The van der Waals surface area contributed by atoms with E-state index in [-0.39, 0.29) is 23.2 Å². The predicted molar refractivity (Wildman–Crippen MR) is 102 cm³/mol. The highest BCUT2D eigenvalue weighted by molar-refractivity contribution is 6.03. The Morgan fingerprint density at radius 1 is 1.30 bits per heavy atom. The minimum absolute atomic E-state index is 0.0441. The molecule has 1 unspecified atom stereocenters. The Kier molecular flexibility index (Phi) is 6.06. The molecule has 1 aromatic heterocycles. The zero-order valence-corrected chi connectivity index (χ0v) is 16.3. The van der Waals surface area contributed by atoms with E-state index in [2.05, 4.69) is 0 Å². The molecule has 0 aliphatic heterocycles. The molecule has 0 radical (unpaired) electrons. The summed E-state index contributed by atoms with van der Waals surface area (Å²) in [5.74, 6) is -0.317. The third kappa shape index (κ3) is 3.72. The Bertz CT molecular complexity index is 983. The van der Waals surface area contributed by atoms with E-state index in [1.807, 2.05) is 39.0 Å². The van der Waals surface area contributed by atoms with Crippen LogP contribution in [0.2, 0.25) is 0 Å². The first kappa shape index (κ1) is 20.2. The van der Waals surface area contributed by atoms with Crippen LogP contribution in [0.25, 0.3) is 0 Å². The summed E-state index contributed by atoms with van der Waals surface area (Å²) < 4.78 is 6.90. The summed E-state index contributed by atoms with van der Waals surface area (Å²) in [6, 6.07) is 7.42. The number of pyridine rings is 1. The molecule has 1 atom stereocenters. The van der Waals surface area contributed by atoms with Gasteiger partial charge in [-0.15, -0.1) is 0 Å². The molecular formula is C21H24N2O4. The average Bonchev–Trinajstić information content (AvgIpc) is 2.62. The minimum Gasteiger partial charge on any atom is -0.494 e. The number of aromatic hydroxyl groups is 1. The molecule has 2 rings (SSSR count). The van der Waals surface area contributed by atoms with Gasteiger partial charge in [0.25, 0.3) is 5.56 Å². The zero-order chi connectivity index (χ0) is 20.3. The number of nitrogens with zero attached hydrogens (tertiary/aromatic N) is 2. The molecule has 27 heavy (non-hydrogen) atoms. The first-order valence-electron chi connectivity index (χ1n) is 8.88. The molecule has 0 saturated carbocycles. The van der Waals surface area contributed by atoms with Crippen molar-refractivity contribution in [2.45, 2.75) is 53.7 Å². The van der Waals surface area contributed by atoms with E-state index in [0.717, 1.165) is 15.7 Å². The average molecular weight is 368 g/mol. The second-order valence-electron chi connectivity index (χ2n) is 6.59. The maximum atomic E-state index is 13.0. The van der Waals surface area contributed by atoms with Crippen molar-refractivity contribution < 1.29 is 14.6 Å². The smallest absolute Gasteiger partial charge is 0.271 e. The maximum absolute atomic E-state index is 13.0. The van der Waals surface area contributed by atoms with Crippen LogP contribution < -0.4 is 10.3 Å². The first-order valence-corrected chi connectivity index (χ1v) is 8.88. The Morgan fingerprint density at radius 2 is 1.96 bits per heavy atom. The van der Waals surface area contributed by atoms with Crippen molar-refractivity contribution >= 4 is 5.78 Å². The molecule has 6 nitrogen and oxygen atoms in total. The van der Waals surface area contributed by atoms with Crippen LogP contribution in [0.3, 0.4) is 0 Å². The van der Waals surface area contributed by atoms with Gasteiger partial charge in [0.1, 0.15) is 17.4 Å². The van der Waals surface area contributed by atoms with E-state index in [1.54, 1.807) is 13.0 Å². The molecule has 0 fully saturated rings. The van der Waals surface area contributed by atoms with Crippen molar-refractivity contribution in [1.29, 1.82) is 5.26 Å². The van der Waals surface area contributed by atoms with E-state index in [9.17, 15) is 20.0 Å². The van der Waals surface area contributed by atoms with Gasteiger partial charge in [-0.05, 0) is 56.9 Å². The summed E-state index contributed by atoms with van der Waals surface area (Å²) >= 11 is 0. The molecule has 1 N–H and O–H groups in total.